The minimum Gasteiger partial charge on any atom is -0.497 e. The Bertz CT molecular complexity index is 1050. The van der Waals surface area contributed by atoms with Crippen molar-refractivity contribution < 1.29 is 22.7 Å². The highest BCUT2D eigenvalue weighted by molar-refractivity contribution is 7.91. The minimum absolute atomic E-state index is 0.0492. The molecule has 2 N–H and O–H groups in total. The van der Waals surface area contributed by atoms with Crippen LogP contribution < -0.4 is 15.4 Å². The zero-order valence-electron chi connectivity index (χ0n) is 18.3. The molecule has 0 bridgehead atoms. The second kappa shape index (κ2) is 10.6. The van der Waals surface area contributed by atoms with Gasteiger partial charge in [0.05, 0.1) is 36.4 Å². The Kier molecular flexibility index (Phi) is 7.87. The normalized spacial score (nSPS) is 17.2. The Morgan fingerprint density at radius 1 is 1.12 bits per heavy atom. The molecule has 1 unspecified atom stereocenters. The number of benzene rings is 2. The van der Waals surface area contributed by atoms with Crippen molar-refractivity contribution in [2.24, 2.45) is 0 Å². The van der Waals surface area contributed by atoms with Gasteiger partial charge in [-0.05, 0) is 49.7 Å². The number of methoxy groups -OCH3 is 1. The second-order valence-corrected chi connectivity index (χ2v) is 10.1. The molecule has 0 aromatic heterocycles. The summed E-state index contributed by atoms with van der Waals surface area (Å²) in [6, 6.07) is 14.3. The van der Waals surface area contributed by atoms with Gasteiger partial charge in [-0.2, -0.15) is 0 Å². The summed E-state index contributed by atoms with van der Waals surface area (Å²) < 4.78 is 28.5. The fraction of sp³-hybridized carbons (Fsp3) is 0.391. The van der Waals surface area contributed by atoms with Crippen molar-refractivity contribution in [3.05, 3.63) is 59.7 Å². The molecule has 1 heterocycles. The third-order valence-corrected chi connectivity index (χ3v) is 7.28. The monoisotopic (exact) mass is 459 g/mol. The Morgan fingerprint density at radius 3 is 2.50 bits per heavy atom. The van der Waals surface area contributed by atoms with Gasteiger partial charge in [0.2, 0.25) is 5.91 Å². The van der Waals surface area contributed by atoms with E-state index in [1.807, 2.05) is 24.3 Å². The molecule has 2 amide bonds. The number of likely N-dealkylation sites (N-methyl/N-ethyl adjacent to an activating group) is 1. The number of nitrogens with one attached hydrogen (secondary N) is 2. The van der Waals surface area contributed by atoms with E-state index in [2.05, 4.69) is 10.6 Å². The van der Waals surface area contributed by atoms with Crippen molar-refractivity contribution in [2.75, 3.05) is 44.1 Å². The third-order valence-electron chi connectivity index (χ3n) is 5.53. The van der Waals surface area contributed by atoms with E-state index in [1.54, 1.807) is 43.3 Å². The number of hydrogen-bond donors (Lipinski definition) is 2. The number of hydrogen-bond acceptors (Lipinski definition) is 6. The number of para-hydroxylation sites is 1. The molecule has 1 aliphatic rings. The summed E-state index contributed by atoms with van der Waals surface area (Å²) in [5, 5.41) is 5.67. The van der Waals surface area contributed by atoms with Crippen molar-refractivity contribution in [3.8, 4) is 5.75 Å². The molecule has 1 aliphatic heterocycles. The summed E-state index contributed by atoms with van der Waals surface area (Å²) >= 11 is 0. The molecule has 3 rings (SSSR count). The van der Waals surface area contributed by atoms with E-state index in [-0.39, 0.29) is 35.9 Å². The first-order valence-electron chi connectivity index (χ1n) is 10.5. The Balaban J connectivity index is 1.53. The fourth-order valence-corrected chi connectivity index (χ4v) is 5.47. The van der Waals surface area contributed by atoms with Gasteiger partial charge in [0.1, 0.15) is 5.75 Å². The lowest BCUT2D eigenvalue weighted by molar-refractivity contribution is -0.117. The number of rotatable bonds is 9. The van der Waals surface area contributed by atoms with Gasteiger partial charge in [-0.25, -0.2) is 8.42 Å². The van der Waals surface area contributed by atoms with Crippen LogP contribution in [0.1, 0.15) is 22.3 Å². The van der Waals surface area contributed by atoms with E-state index in [1.165, 1.54) is 0 Å². The van der Waals surface area contributed by atoms with Crippen LogP contribution in [-0.2, 0) is 21.1 Å². The highest BCUT2D eigenvalue weighted by Gasteiger charge is 2.31. The van der Waals surface area contributed by atoms with Crippen LogP contribution in [0.2, 0.25) is 0 Å². The lowest BCUT2D eigenvalue weighted by atomic mass is 10.1. The molecule has 0 aliphatic carbocycles. The molecular formula is C23H29N3O5S. The first-order valence-corrected chi connectivity index (χ1v) is 12.3. The van der Waals surface area contributed by atoms with Crippen LogP contribution >= 0.6 is 0 Å². The van der Waals surface area contributed by atoms with Crippen molar-refractivity contribution >= 4 is 27.3 Å². The van der Waals surface area contributed by atoms with E-state index < -0.39 is 9.84 Å². The van der Waals surface area contributed by atoms with Gasteiger partial charge in [0.15, 0.2) is 9.84 Å². The number of amides is 2. The van der Waals surface area contributed by atoms with Crippen molar-refractivity contribution in [1.29, 1.82) is 0 Å². The predicted molar refractivity (Wildman–Crippen MR) is 124 cm³/mol. The summed E-state index contributed by atoms with van der Waals surface area (Å²) in [7, 11) is 0.334. The van der Waals surface area contributed by atoms with Crippen LogP contribution in [0.25, 0.3) is 0 Å². The van der Waals surface area contributed by atoms with Crippen LogP contribution in [0.5, 0.6) is 5.75 Å². The molecule has 1 saturated heterocycles. The Hall–Kier alpha value is -2.91. The molecule has 9 heteroatoms. The molecule has 1 atom stereocenters. The van der Waals surface area contributed by atoms with Crippen molar-refractivity contribution in [2.45, 2.75) is 18.9 Å². The van der Waals surface area contributed by atoms with E-state index in [9.17, 15) is 18.0 Å². The van der Waals surface area contributed by atoms with Crippen LogP contribution in [0.3, 0.4) is 0 Å². The summed E-state index contributed by atoms with van der Waals surface area (Å²) in [5.41, 5.74) is 1.87. The van der Waals surface area contributed by atoms with E-state index in [0.29, 0.717) is 30.6 Å². The SMILES string of the molecule is COc1ccc(CCNC(=O)c2ccccc2NC(=O)CN(C)C2CCS(=O)(=O)C2)cc1. The van der Waals surface area contributed by atoms with Crippen LogP contribution in [0.15, 0.2) is 48.5 Å². The standard InChI is InChI=1S/C23H29N3O5S/c1-26(18-12-14-32(29,30)16-18)15-22(27)25-21-6-4-3-5-20(21)23(28)24-13-11-17-7-9-19(31-2)10-8-17/h3-10,18H,11-16H2,1-2H3,(H,24,28)(H,25,27). The molecule has 172 valence electrons. The molecular weight excluding hydrogens is 430 g/mol. The maximum absolute atomic E-state index is 12.7. The average molecular weight is 460 g/mol. The maximum Gasteiger partial charge on any atom is 0.253 e. The quantitative estimate of drug-likeness (QED) is 0.592. The minimum atomic E-state index is -3.02. The zero-order chi connectivity index (χ0) is 23.1. The van der Waals surface area contributed by atoms with Gasteiger partial charge >= 0.3 is 0 Å². The Labute approximate surface area is 188 Å². The summed E-state index contributed by atoms with van der Waals surface area (Å²) in [4.78, 5) is 27.0. The van der Waals surface area contributed by atoms with Crippen molar-refractivity contribution in [1.82, 2.24) is 10.2 Å². The molecule has 32 heavy (non-hydrogen) atoms. The Morgan fingerprint density at radius 2 is 1.84 bits per heavy atom. The van der Waals surface area contributed by atoms with Gasteiger partial charge in [0, 0.05) is 12.6 Å². The number of ether oxygens (including phenoxy) is 1. The summed E-state index contributed by atoms with van der Waals surface area (Å²) in [6.07, 6.45) is 1.19. The molecule has 0 radical (unpaired) electrons. The smallest absolute Gasteiger partial charge is 0.253 e. The molecule has 8 nitrogen and oxygen atoms in total. The van der Waals surface area contributed by atoms with Gasteiger partial charge < -0.3 is 15.4 Å². The van der Waals surface area contributed by atoms with Crippen molar-refractivity contribution in [3.63, 3.8) is 0 Å². The number of sulfone groups is 1. The lowest BCUT2D eigenvalue weighted by Crippen LogP contribution is -2.39. The first kappa shape index (κ1) is 23.7. The topological polar surface area (TPSA) is 105 Å². The highest BCUT2D eigenvalue weighted by Crippen LogP contribution is 2.18. The summed E-state index contributed by atoms with van der Waals surface area (Å²) in [6.45, 7) is 0.500. The van der Waals surface area contributed by atoms with Crippen LogP contribution in [-0.4, -0.2) is 69.9 Å². The van der Waals surface area contributed by atoms with E-state index >= 15 is 0 Å². The molecule has 1 fully saturated rings. The number of carbonyl (C=O) groups is 2. The summed E-state index contributed by atoms with van der Waals surface area (Å²) in [5.74, 6) is 0.440. The first-order chi connectivity index (χ1) is 15.3. The molecule has 0 spiro atoms. The maximum atomic E-state index is 12.7. The fourth-order valence-electron chi connectivity index (χ4n) is 3.67. The average Bonchev–Trinajstić information content (AvgIpc) is 3.14. The second-order valence-electron chi connectivity index (χ2n) is 7.92. The molecule has 0 saturated carbocycles. The van der Waals surface area contributed by atoms with E-state index in [4.69, 9.17) is 4.74 Å². The number of nitrogens with zero attached hydrogens (tertiary/aromatic N) is 1. The van der Waals surface area contributed by atoms with Crippen LogP contribution in [0.4, 0.5) is 5.69 Å². The zero-order valence-corrected chi connectivity index (χ0v) is 19.2. The van der Waals surface area contributed by atoms with Gasteiger partial charge in [-0.15, -0.1) is 0 Å². The van der Waals surface area contributed by atoms with Gasteiger partial charge in [0.25, 0.3) is 5.91 Å². The van der Waals surface area contributed by atoms with Gasteiger partial charge in [-0.1, -0.05) is 24.3 Å². The molecule has 2 aromatic rings. The third kappa shape index (κ3) is 6.54. The largest absolute Gasteiger partial charge is 0.497 e. The number of anilines is 1. The lowest BCUT2D eigenvalue weighted by Gasteiger charge is -2.22. The highest BCUT2D eigenvalue weighted by atomic mass is 32.2. The number of carbonyl (C=O) groups excluding carboxylic acids is 2. The van der Waals surface area contributed by atoms with E-state index in [0.717, 1.165) is 11.3 Å². The van der Waals surface area contributed by atoms with Crippen LogP contribution in [0, 0.1) is 0 Å². The molecule has 2 aromatic carbocycles. The predicted octanol–water partition coefficient (Wildman–Crippen LogP) is 1.73. The van der Waals surface area contributed by atoms with Gasteiger partial charge in [-0.3, -0.25) is 14.5 Å².